The second-order valence-corrected chi connectivity index (χ2v) is 11.3. The molecule has 10 nitrogen and oxygen atoms in total. The first-order valence-electron chi connectivity index (χ1n) is 16.0. The van der Waals surface area contributed by atoms with Crippen LogP contribution in [0.25, 0.3) is 0 Å². The minimum atomic E-state index is -0.769. The van der Waals surface area contributed by atoms with Crippen molar-refractivity contribution in [3.8, 4) is 11.5 Å². The maximum atomic E-state index is 13.1. The first-order chi connectivity index (χ1) is 21.2. The Bertz CT molecular complexity index is 1230. The molecule has 2 aromatic rings. The number of nitrogens with one attached hydrogen (secondary N) is 4. The van der Waals surface area contributed by atoms with Crippen molar-refractivity contribution in [1.82, 2.24) is 21.7 Å². The van der Waals surface area contributed by atoms with E-state index in [4.69, 9.17) is 0 Å². The maximum Gasteiger partial charge on any atom is 0.273 e. The van der Waals surface area contributed by atoms with E-state index in [2.05, 4.69) is 42.5 Å². The molecule has 1 unspecified atom stereocenters. The molecule has 4 amide bonds. The highest BCUT2D eigenvalue weighted by Gasteiger charge is 2.23. The molecule has 0 heterocycles. The Hall–Kier alpha value is -4.08. The average Bonchev–Trinajstić information content (AvgIpc) is 3.01. The molecule has 0 bridgehead atoms. The zero-order valence-corrected chi connectivity index (χ0v) is 26.5. The fraction of sp³-hybridized carbons (Fsp3) is 0.529. The van der Waals surface area contributed by atoms with Gasteiger partial charge in [0.05, 0.1) is 11.1 Å². The Morgan fingerprint density at radius 2 is 1.09 bits per heavy atom. The van der Waals surface area contributed by atoms with Gasteiger partial charge in [-0.25, -0.2) is 0 Å². The number of carbonyl (C=O) groups excluding carboxylic acids is 4. The highest BCUT2D eigenvalue weighted by atomic mass is 16.3. The van der Waals surface area contributed by atoms with Crippen LogP contribution >= 0.6 is 0 Å². The molecular weight excluding hydrogens is 560 g/mol. The Morgan fingerprint density at radius 1 is 0.614 bits per heavy atom. The number of hydrazine groups is 2. The van der Waals surface area contributed by atoms with Crippen LogP contribution in [0.15, 0.2) is 36.4 Å². The molecule has 1 atom stereocenters. The number of aromatic hydroxyl groups is 2. The van der Waals surface area contributed by atoms with Crippen LogP contribution in [-0.4, -0.2) is 33.8 Å². The van der Waals surface area contributed by atoms with Gasteiger partial charge in [0.25, 0.3) is 11.8 Å². The number of unbranched alkanes of at least 4 members (excludes halogenated alkanes) is 7. The third-order valence-corrected chi connectivity index (χ3v) is 7.57. The second kappa shape index (κ2) is 20.0. The van der Waals surface area contributed by atoms with Crippen LogP contribution in [0.4, 0.5) is 0 Å². The monoisotopic (exact) mass is 610 g/mol. The molecule has 2 rings (SSSR count). The van der Waals surface area contributed by atoms with Gasteiger partial charge >= 0.3 is 0 Å². The SMILES string of the molecule is CCCCCCCCC(CC(=O)NNC(=O)c1ccc(CCCC)cc1O)C(=O)NNC(=O)c1ccc(CCCC)cc1O. The van der Waals surface area contributed by atoms with E-state index >= 15 is 0 Å². The van der Waals surface area contributed by atoms with Gasteiger partial charge in [0.15, 0.2) is 0 Å². The summed E-state index contributed by atoms with van der Waals surface area (Å²) in [6, 6.07) is 9.65. The number of rotatable bonds is 18. The molecule has 0 aliphatic rings. The Morgan fingerprint density at radius 3 is 1.59 bits per heavy atom. The van der Waals surface area contributed by atoms with E-state index in [0.717, 1.165) is 81.8 Å². The van der Waals surface area contributed by atoms with Crippen molar-refractivity contribution >= 4 is 23.6 Å². The molecule has 0 fully saturated rings. The molecule has 10 heteroatoms. The van der Waals surface area contributed by atoms with E-state index in [-0.39, 0.29) is 29.0 Å². The van der Waals surface area contributed by atoms with Crippen LogP contribution in [0, 0.1) is 5.92 Å². The Balaban J connectivity index is 1.97. The van der Waals surface area contributed by atoms with E-state index < -0.39 is 29.5 Å². The minimum Gasteiger partial charge on any atom is -0.507 e. The lowest BCUT2D eigenvalue weighted by molar-refractivity contribution is -0.131. The summed E-state index contributed by atoms with van der Waals surface area (Å²) < 4.78 is 0. The van der Waals surface area contributed by atoms with Gasteiger partial charge in [0, 0.05) is 12.3 Å². The van der Waals surface area contributed by atoms with E-state index in [0.29, 0.717) is 12.8 Å². The molecular formula is C34H50N4O6. The predicted octanol–water partition coefficient (Wildman–Crippen LogP) is 5.76. The largest absolute Gasteiger partial charge is 0.507 e. The van der Waals surface area contributed by atoms with Gasteiger partial charge in [-0.1, -0.05) is 84.3 Å². The lowest BCUT2D eigenvalue weighted by atomic mass is 9.96. The van der Waals surface area contributed by atoms with Gasteiger partial charge in [-0.2, -0.15) is 0 Å². The van der Waals surface area contributed by atoms with Crippen LogP contribution in [0.1, 0.15) is 130 Å². The molecule has 0 saturated carbocycles. The van der Waals surface area contributed by atoms with Crippen LogP contribution in [0.3, 0.4) is 0 Å². The predicted molar refractivity (Wildman–Crippen MR) is 171 cm³/mol. The number of hydrogen-bond donors (Lipinski definition) is 6. The standard InChI is InChI=1S/C34H50N4O6/c1-4-7-10-11-12-13-16-26(32(42)36-38-34(44)28-20-18-25(15-9-6-3)22-30(28)40)23-31(41)35-37-33(43)27-19-17-24(14-8-5-2)21-29(27)39/h17-22,26,39-40H,4-16,23H2,1-3H3,(H,35,41)(H,36,42)(H,37,43)(H,38,44). The van der Waals surface area contributed by atoms with Crippen molar-refractivity contribution in [2.75, 3.05) is 0 Å². The summed E-state index contributed by atoms with van der Waals surface area (Å²) in [5.74, 6) is -3.61. The molecule has 0 radical (unpaired) electrons. The molecule has 2 aromatic carbocycles. The molecule has 0 aliphatic carbocycles. The fourth-order valence-electron chi connectivity index (χ4n) is 4.86. The van der Waals surface area contributed by atoms with Crippen LogP contribution < -0.4 is 21.7 Å². The third-order valence-electron chi connectivity index (χ3n) is 7.57. The highest BCUT2D eigenvalue weighted by molar-refractivity contribution is 5.99. The van der Waals surface area contributed by atoms with Crippen molar-refractivity contribution in [1.29, 1.82) is 0 Å². The average molecular weight is 611 g/mol. The summed E-state index contributed by atoms with van der Waals surface area (Å²) in [4.78, 5) is 51.1. The van der Waals surface area contributed by atoms with Crippen molar-refractivity contribution in [2.24, 2.45) is 5.92 Å². The van der Waals surface area contributed by atoms with Crippen molar-refractivity contribution in [3.05, 3.63) is 58.7 Å². The minimum absolute atomic E-state index is 0.0243. The molecule has 0 saturated heterocycles. The first kappa shape index (κ1) is 36.1. The number of benzene rings is 2. The zero-order chi connectivity index (χ0) is 32.3. The van der Waals surface area contributed by atoms with Crippen molar-refractivity contribution < 1.29 is 29.4 Å². The summed E-state index contributed by atoms with van der Waals surface area (Å²) in [6.45, 7) is 6.28. The van der Waals surface area contributed by atoms with Crippen molar-refractivity contribution in [2.45, 2.75) is 111 Å². The molecule has 44 heavy (non-hydrogen) atoms. The number of amides is 4. The third kappa shape index (κ3) is 12.7. The smallest absolute Gasteiger partial charge is 0.273 e. The van der Waals surface area contributed by atoms with Gasteiger partial charge in [0.2, 0.25) is 11.8 Å². The first-order valence-corrected chi connectivity index (χ1v) is 16.0. The van der Waals surface area contributed by atoms with E-state index in [1.165, 1.54) is 12.1 Å². The molecule has 242 valence electrons. The summed E-state index contributed by atoms with van der Waals surface area (Å²) in [7, 11) is 0. The van der Waals surface area contributed by atoms with Crippen LogP contribution in [-0.2, 0) is 22.4 Å². The summed E-state index contributed by atoms with van der Waals surface area (Å²) >= 11 is 0. The van der Waals surface area contributed by atoms with Crippen LogP contribution in [0.2, 0.25) is 0 Å². The Kier molecular flexibility index (Phi) is 16.4. The normalized spacial score (nSPS) is 11.4. The zero-order valence-electron chi connectivity index (χ0n) is 26.5. The van der Waals surface area contributed by atoms with Crippen LogP contribution in [0.5, 0.6) is 11.5 Å². The van der Waals surface area contributed by atoms with Gasteiger partial charge in [-0.05, 0) is 67.5 Å². The van der Waals surface area contributed by atoms with Crippen molar-refractivity contribution in [3.63, 3.8) is 0 Å². The van der Waals surface area contributed by atoms with Gasteiger partial charge in [-0.15, -0.1) is 0 Å². The summed E-state index contributed by atoms with van der Waals surface area (Å²) in [5, 5.41) is 20.6. The van der Waals surface area contributed by atoms with E-state index in [1.807, 2.05) is 0 Å². The number of phenols is 2. The number of carbonyl (C=O) groups is 4. The molecule has 6 N–H and O–H groups in total. The van der Waals surface area contributed by atoms with Gasteiger partial charge in [0.1, 0.15) is 11.5 Å². The molecule has 0 aliphatic heterocycles. The quantitative estimate of drug-likeness (QED) is 0.0930. The lowest BCUT2D eigenvalue weighted by Gasteiger charge is -2.18. The summed E-state index contributed by atoms with van der Waals surface area (Å²) in [5.41, 5.74) is 11.3. The number of hydrogen-bond acceptors (Lipinski definition) is 6. The van der Waals surface area contributed by atoms with Gasteiger partial charge in [-0.3, -0.25) is 40.9 Å². The topological polar surface area (TPSA) is 157 Å². The van der Waals surface area contributed by atoms with Gasteiger partial charge < -0.3 is 10.2 Å². The Labute approximate surface area is 261 Å². The number of phenolic OH excluding ortho intramolecular Hbond substituents is 2. The molecule has 0 aromatic heterocycles. The second-order valence-electron chi connectivity index (χ2n) is 11.3. The maximum absolute atomic E-state index is 13.1. The summed E-state index contributed by atoms with van der Waals surface area (Å²) in [6.07, 6.45) is 11.7. The van der Waals surface area contributed by atoms with E-state index in [1.54, 1.807) is 24.3 Å². The molecule has 0 spiro atoms. The van der Waals surface area contributed by atoms with E-state index in [9.17, 15) is 29.4 Å². The number of aryl methyl sites for hydroxylation is 2. The lowest BCUT2D eigenvalue weighted by Crippen LogP contribution is -2.47. The highest BCUT2D eigenvalue weighted by Crippen LogP contribution is 2.21. The fourth-order valence-corrected chi connectivity index (χ4v) is 4.86.